The molecule has 1 nitrogen and oxygen atoms in total. The van der Waals surface area contributed by atoms with E-state index in [1.807, 2.05) is 24.4 Å². The van der Waals surface area contributed by atoms with Gasteiger partial charge in [0.15, 0.2) is 0 Å². The van der Waals surface area contributed by atoms with Crippen molar-refractivity contribution >= 4 is 18.5 Å². The third kappa shape index (κ3) is 2.67. The summed E-state index contributed by atoms with van der Waals surface area (Å²) in [6.45, 7) is 0. The lowest BCUT2D eigenvalue weighted by Gasteiger charge is -2.19. The number of hydrogen-bond acceptors (Lipinski definition) is 1. The largest absolute Gasteiger partial charge is 0.261 e. The van der Waals surface area contributed by atoms with E-state index in [1.54, 1.807) is 0 Å². The lowest BCUT2D eigenvalue weighted by molar-refractivity contribution is 0.868. The Morgan fingerprint density at radius 3 is 2.12 bits per heavy atom. The molecule has 0 spiro atoms. The zero-order valence-electron chi connectivity index (χ0n) is 8.95. The minimum Gasteiger partial charge on any atom is -0.261 e. The van der Waals surface area contributed by atoms with E-state index < -0.39 is 0 Å². The highest BCUT2D eigenvalue weighted by molar-refractivity contribution is 7.22. The highest BCUT2D eigenvalue weighted by atomic mass is 31.0. The van der Waals surface area contributed by atoms with E-state index in [0.29, 0.717) is 11.3 Å². The third-order valence-corrected chi connectivity index (χ3v) is 4.60. The van der Waals surface area contributed by atoms with Gasteiger partial charge in [-0.15, -0.1) is 18.5 Å². The van der Waals surface area contributed by atoms with Gasteiger partial charge in [-0.05, 0) is 17.7 Å². The van der Waals surface area contributed by atoms with Crippen LogP contribution in [0.2, 0.25) is 0 Å². The summed E-state index contributed by atoms with van der Waals surface area (Å²) in [5.41, 5.74) is 3.13. The molecular formula is C13H15NP2. The van der Waals surface area contributed by atoms with Crippen LogP contribution in [0.5, 0.6) is 0 Å². The van der Waals surface area contributed by atoms with Gasteiger partial charge in [0.05, 0.1) is 0 Å². The lowest BCUT2D eigenvalue weighted by Crippen LogP contribution is -2.00. The number of hydrogen-bond donors (Lipinski definition) is 0. The van der Waals surface area contributed by atoms with E-state index in [-0.39, 0.29) is 0 Å². The third-order valence-electron chi connectivity index (χ3n) is 2.60. The second-order valence-corrected chi connectivity index (χ2v) is 5.15. The standard InChI is InChI=1S/C13H15NP2/c15-12(10-6-2-1-3-7-10)13(16)11-8-4-5-9-14-11/h1-9,12-13H,15-16H2/t12-,13+/m1/s1. The van der Waals surface area contributed by atoms with Crippen LogP contribution >= 0.6 is 18.5 Å². The monoisotopic (exact) mass is 247 g/mol. The molecule has 1 heterocycles. The molecule has 0 aliphatic heterocycles. The van der Waals surface area contributed by atoms with Crippen molar-refractivity contribution in [3.63, 3.8) is 0 Å². The van der Waals surface area contributed by atoms with Crippen LogP contribution in [0.25, 0.3) is 0 Å². The van der Waals surface area contributed by atoms with Crippen molar-refractivity contribution in [1.29, 1.82) is 0 Å². The van der Waals surface area contributed by atoms with Gasteiger partial charge in [-0.25, -0.2) is 0 Å². The Hall–Kier alpha value is -0.770. The Kier molecular flexibility index (Phi) is 4.04. The van der Waals surface area contributed by atoms with Crippen LogP contribution in [0.15, 0.2) is 54.7 Å². The van der Waals surface area contributed by atoms with Crippen LogP contribution in [0.1, 0.15) is 22.6 Å². The van der Waals surface area contributed by atoms with E-state index in [9.17, 15) is 0 Å². The number of nitrogens with zero attached hydrogens (tertiary/aromatic N) is 1. The SMILES string of the molecule is P[C@H](c1ccccc1)[C@@H](P)c1ccccn1. The van der Waals surface area contributed by atoms with Crippen molar-refractivity contribution in [3.05, 3.63) is 66.0 Å². The van der Waals surface area contributed by atoms with Gasteiger partial charge in [0.1, 0.15) is 0 Å². The van der Waals surface area contributed by atoms with Crippen molar-refractivity contribution < 1.29 is 0 Å². The van der Waals surface area contributed by atoms with Gasteiger partial charge in [-0.2, -0.15) is 0 Å². The van der Waals surface area contributed by atoms with E-state index in [1.165, 1.54) is 5.56 Å². The van der Waals surface area contributed by atoms with Gasteiger partial charge in [-0.1, -0.05) is 36.4 Å². The highest BCUT2D eigenvalue weighted by Gasteiger charge is 2.16. The zero-order chi connectivity index (χ0) is 11.4. The minimum atomic E-state index is 0.327. The Labute approximate surface area is 101 Å². The average Bonchev–Trinajstić information content (AvgIpc) is 2.39. The highest BCUT2D eigenvalue weighted by Crippen LogP contribution is 2.41. The molecule has 2 aromatic rings. The first-order valence-electron chi connectivity index (χ1n) is 5.26. The molecule has 4 atom stereocenters. The summed E-state index contributed by atoms with van der Waals surface area (Å²) >= 11 is 0. The van der Waals surface area contributed by atoms with E-state index >= 15 is 0 Å². The molecule has 0 fully saturated rings. The second-order valence-electron chi connectivity index (χ2n) is 3.72. The summed E-state index contributed by atoms with van der Waals surface area (Å²) in [6.07, 6.45) is 1.84. The molecule has 0 saturated heterocycles. The minimum absolute atomic E-state index is 0.327. The smallest absolute Gasteiger partial charge is 0.0481 e. The normalized spacial score (nSPS) is 14.4. The van der Waals surface area contributed by atoms with E-state index in [4.69, 9.17) is 0 Å². The zero-order valence-corrected chi connectivity index (χ0v) is 11.3. The van der Waals surface area contributed by atoms with Crippen LogP contribution in [-0.4, -0.2) is 4.98 Å². The number of benzene rings is 1. The number of rotatable bonds is 3. The molecular weight excluding hydrogens is 232 g/mol. The predicted molar refractivity (Wildman–Crippen MR) is 75.6 cm³/mol. The second kappa shape index (κ2) is 5.53. The maximum Gasteiger partial charge on any atom is 0.0481 e. The van der Waals surface area contributed by atoms with Crippen molar-refractivity contribution in [1.82, 2.24) is 4.98 Å². The van der Waals surface area contributed by atoms with Gasteiger partial charge in [0.25, 0.3) is 0 Å². The molecule has 0 amide bonds. The van der Waals surface area contributed by atoms with Crippen molar-refractivity contribution in [2.75, 3.05) is 0 Å². The number of pyridine rings is 1. The van der Waals surface area contributed by atoms with Crippen molar-refractivity contribution in [2.24, 2.45) is 0 Å². The first-order valence-corrected chi connectivity index (χ1v) is 6.59. The van der Waals surface area contributed by atoms with Crippen LogP contribution in [0.4, 0.5) is 0 Å². The quantitative estimate of drug-likeness (QED) is 0.755. The first kappa shape index (κ1) is 11.7. The van der Waals surface area contributed by atoms with Crippen molar-refractivity contribution in [2.45, 2.75) is 11.3 Å². The van der Waals surface area contributed by atoms with Crippen LogP contribution < -0.4 is 0 Å². The molecule has 0 aliphatic rings. The summed E-state index contributed by atoms with van der Waals surface area (Å²) in [4.78, 5) is 4.39. The Balaban J connectivity index is 2.20. The summed E-state index contributed by atoms with van der Waals surface area (Å²) < 4.78 is 0. The maximum atomic E-state index is 4.39. The fourth-order valence-electron chi connectivity index (χ4n) is 1.64. The van der Waals surface area contributed by atoms with Gasteiger partial charge in [0, 0.05) is 23.2 Å². The molecule has 0 N–H and O–H groups in total. The summed E-state index contributed by atoms with van der Waals surface area (Å²) in [7, 11) is 5.78. The summed E-state index contributed by atoms with van der Waals surface area (Å²) in [5, 5.41) is 0. The molecule has 2 unspecified atom stereocenters. The Morgan fingerprint density at radius 1 is 0.812 bits per heavy atom. The summed E-state index contributed by atoms with van der Waals surface area (Å²) in [5.74, 6) is 0. The van der Waals surface area contributed by atoms with Crippen LogP contribution in [-0.2, 0) is 0 Å². The molecule has 0 bridgehead atoms. The maximum absolute atomic E-state index is 4.39. The average molecular weight is 247 g/mol. The van der Waals surface area contributed by atoms with E-state index in [0.717, 1.165) is 5.69 Å². The molecule has 3 heteroatoms. The van der Waals surface area contributed by atoms with E-state index in [2.05, 4.69) is 53.8 Å². The van der Waals surface area contributed by atoms with Crippen LogP contribution in [0, 0.1) is 0 Å². The fraction of sp³-hybridized carbons (Fsp3) is 0.154. The molecule has 1 aromatic carbocycles. The van der Waals surface area contributed by atoms with Crippen LogP contribution in [0.3, 0.4) is 0 Å². The summed E-state index contributed by atoms with van der Waals surface area (Å²) in [6, 6.07) is 16.5. The molecule has 2 rings (SSSR count). The number of aromatic nitrogens is 1. The predicted octanol–water partition coefficient (Wildman–Crippen LogP) is 3.61. The molecule has 0 radical (unpaired) electrons. The topological polar surface area (TPSA) is 12.9 Å². The van der Waals surface area contributed by atoms with Gasteiger partial charge in [-0.3, -0.25) is 4.98 Å². The van der Waals surface area contributed by atoms with Gasteiger partial charge >= 0.3 is 0 Å². The van der Waals surface area contributed by atoms with Crippen molar-refractivity contribution in [3.8, 4) is 0 Å². The molecule has 1 aromatic heterocycles. The fourth-order valence-corrected chi connectivity index (χ4v) is 2.48. The molecule has 16 heavy (non-hydrogen) atoms. The molecule has 0 aliphatic carbocycles. The molecule has 0 saturated carbocycles. The Morgan fingerprint density at radius 2 is 1.50 bits per heavy atom. The lowest BCUT2D eigenvalue weighted by atomic mass is 10.1. The van der Waals surface area contributed by atoms with Gasteiger partial charge < -0.3 is 0 Å². The first-order chi connectivity index (χ1) is 7.79. The van der Waals surface area contributed by atoms with Gasteiger partial charge in [0.2, 0.25) is 0 Å². The molecule has 82 valence electrons. The Bertz CT molecular complexity index is 387.